The second-order valence-electron chi connectivity index (χ2n) is 3.19. The molecule has 1 rings (SSSR count). The number of rotatable bonds is 4. The Morgan fingerprint density at radius 2 is 2.36 bits per heavy atom. The molecule has 0 atom stereocenters. The van der Waals surface area contributed by atoms with Crippen LogP contribution in [0.15, 0.2) is 6.20 Å². The highest BCUT2D eigenvalue weighted by atomic mass is 15.3. The van der Waals surface area contributed by atoms with Gasteiger partial charge in [0.15, 0.2) is 0 Å². The summed E-state index contributed by atoms with van der Waals surface area (Å²) in [5.74, 6) is 5.92. The van der Waals surface area contributed by atoms with Gasteiger partial charge in [-0.15, -0.1) is 11.8 Å². The molecule has 0 aliphatic heterocycles. The van der Waals surface area contributed by atoms with Gasteiger partial charge < -0.3 is 5.32 Å². The molecule has 0 unspecified atom stereocenters. The van der Waals surface area contributed by atoms with Crippen LogP contribution in [-0.2, 0) is 13.1 Å². The van der Waals surface area contributed by atoms with Crippen molar-refractivity contribution in [3.05, 3.63) is 17.5 Å². The predicted octanol–water partition coefficient (Wildman–Crippen LogP) is 1.32. The lowest BCUT2D eigenvalue weighted by Gasteiger charge is -2.02. The predicted molar refractivity (Wildman–Crippen MR) is 57.8 cm³/mol. The van der Waals surface area contributed by atoms with Gasteiger partial charge in [0, 0.05) is 24.2 Å². The zero-order valence-corrected chi connectivity index (χ0v) is 9.09. The normalized spacial score (nSPS) is 9.64. The monoisotopic (exact) mass is 191 g/mol. The molecule has 1 heterocycles. The Hall–Kier alpha value is -1.27. The van der Waals surface area contributed by atoms with Crippen molar-refractivity contribution < 1.29 is 0 Å². The van der Waals surface area contributed by atoms with E-state index >= 15 is 0 Å². The molecule has 0 saturated heterocycles. The van der Waals surface area contributed by atoms with Crippen LogP contribution in [0.4, 0.5) is 0 Å². The van der Waals surface area contributed by atoms with Crippen molar-refractivity contribution in [2.45, 2.75) is 33.4 Å². The first-order valence-electron chi connectivity index (χ1n) is 4.85. The summed E-state index contributed by atoms with van der Waals surface area (Å²) in [7, 11) is 1.94. The summed E-state index contributed by atoms with van der Waals surface area (Å²) < 4.78 is 2.01. The third kappa shape index (κ3) is 2.61. The van der Waals surface area contributed by atoms with Crippen LogP contribution in [0.2, 0.25) is 0 Å². The van der Waals surface area contributed by atoms with Crippen LogP contribution in [0.1, 0.15) is 24.6 Å². The zero-order valence-electron chi connectivity index (χ0n) is 9.09. The van der Waals surface area contributed by atoms with Gasteiger partial charge >= 0.3 is 0 Å². The largest absolute Gasteiger partial charge is 0.316 e. The smallest absolute Gasteiger partial charge is 0.0537 e. The molecule has 1 aromatic rings. The fraction of sp³-hybridized carbons (Fsp3) is 0.545. The van der Waals surface area contributed by atoms with Gasteiger partial charge in [-0.1, -0.05) is 0 Å². The average Bonchev–Trinajstić information content (AvgIpc) is 2.51. The van der Waals surface area contributed by atoms with Crippen LogP contribution in [-0.4, -0.2) is 16.8 Å². The number of hydrogen-bond donors (Lipinski definition) is 1. The first-order chi connectivity index (χ1) is 6.79. The molecule has 0 aliphatic carbocycles. The minimum atomic E-state index is 0.873. The molecule has 0 aromatic carbocycles. The van der Waals surface area contributed by atoms with Gasteiger partial charge in [0.1, 0.15) is 0 Å². The van der Waals surface area contributed by atoms with Crippen molar-refractivity contribution in [3.8, 4) is 11.8 Å². The van der Waals surface area contributed by atoms with E-state index in [9.17, 15) is 0 Å². The third-order valence-electron chi connectivity index (χ3n) is 2.20. The van der Waals surface area contributed by atoms with Crippen molar-refractivity contribution in [1.82, 2.24) is 15.1 Å². The molecule has 76 valence electrons. The van der Waals surface area contributed by atoms with Crippen molar-refractivity contribution in [2.24, 2.45) is 0 Å². The van der Waals surface area contributed by atoms with Crippen LogP contribution >= 0.6 is 0 Å². The van der Waals surface area contributed by atoms with Crippen LogP contribution in [0.3, 0.4) is 0 Å². The lowest BCUT2D eigenvalue weighted by atomic mass is 10.2. The van der Waals surface area contributed by atoms with Crippen LogP contribution in [0.5, 0.6) is 0 Å². The van der Waals surface area contributed by atoms with Gasteiger partial charge in [0.2, 0.25) is 0 Å². The second-order valence-corrected chi connectivity index (χ2v) is 3.19. The van der Waals surface area contributed by atoms with E-state index in [0.717, 1.165) is 19.5 Å². The summed E-state index contributed by atoms with van der Waals surface area (Å²) >= 11 is 0. The van der Waals surface area contributed by atoms with Crippen molar-refractivity contribution in [2.75, 3.05) is 7.05 Å². The topological polar surface area (TPSA) is 29.9 Å². The minimum Gasteiger partial charge on any atom is -0.316 e. The number of nitrogens with one attached hydrogen (secondary N) is 1. The molecule has 0 radical (unpaired) electrons. The van der Waals surface area contributed by atoms with E-state index in [1.807, 2.05) is 24.9 Å². The highest BCUT2D eigenvalue weighted by Crippen LogP contribution is 2.06. The van der Waals surface area contributed by atoms with E-state index in [2.05, 4.69) is 29.2 Å². The van der Waals surface area contributed by atoms with Gasteiger partial charge in [-0.3, -0.25) is 4.68 Å². The van der Waals surface area contributed by atoms with Gasteiger partial charge in [-0.25, -0.2) is 0 Å². The molecule has 0 fully saturated rings. The maximum absolute atomic E-state index is 4.32. The first-order valence-corrected chi connectivity index (χ1v) is 4.85. The molecule has 3 nitrogen and oxygen atoms in total. The van der Waals surface area contributed by atoms with E-state index in [-0.39, 0.29) is 0 Å². The molecule has 3 heteroatoms. The summed E-state index contributed by atoms with van der Waals surface area (Å²) in [5.41, 5.74) is 2.49. The highest BCUT2D eigenvalue weighted by Gasteiger charge is 2.03. The summed E-state index contributed by atoms with van der Waals surface area (Å²) in [6.07, 6.45) is 2.79. The Morgan fingerprint density at radius 1 is 1.57 bits per heavy atom. The SMILES string of the molecule is CC#CCCn1ncc(CNC)c1C. The standard InChI is InChI=1S/C11H17N3/c1-4-5-6-7-14-10(2)11(8-12-3)9-13-14/h9,12H,6-8H2,1-3H3. The second kappa shape index (κ2) is 5.46. The van der Waals surface area contributed by atoms with Crippen molar-refractivity contribution in [1.29, 1.82) is 0 Å². The molecule has 1 aromatic heterocycles. The number of hydrogen-bond acceptors (Lipinski definition) is 2. The number of aryl methyl sites for hydroxylation is 1. The third-order valence-corrected chi connectivity index (χ3v) is 2.20. The van der Waals surface area contributed by atoms with E-state index in [1.54, 1.807) is 0 Å². The minimum absolute atomic E-state index is 0.873. The molecule has 0 bridgehead atoms. The Bertz CT molecular complexity index is 341. The summed E-state index contributed by atoms with van der Waals surface area (Å²) in [4.78, 5) is 0. The number of nitrogens with zero attached hydrogens (tertiary/aromatic N) is 2. The molecular formula is C11H17N3. The molecule has 0 saturated carbocycles. The van der Waals surface area contributed by atoms with E-state index in [4.69, 9.17) is 0 Å². The number of aromatic nitrogens is 2. The van der Waals surface area contributed by atoms with Gasteiger partial charge in [-0.05, 0) is 20.9 Å². The van der Waals surface area contributed by atoms with Gasteiger partial charge in [-0.2, -0.15) is 5.10 Å². The van der Waals surface area contributed by atoms with Gasteiger partial charge in [0.25, 0.3) is 0 Å². The van der Waals surface area contributed by atoms with Crippen LogP contribution in [0.25, 0.3) is 0 Å². The Morgan fingerprint density at radius 3 is 3.00 bits per heavy atom. The molecule has 0 amide bonds. The summed E-state index contributed by atoms with van der Waals surface area (Å²) in [6, 6.07) is 0. The fourth-order valence-electron chi connectivity index (χ4n) is 1.36. The fourth-order valence-corrected chi connectivity index (χ4v) is 1.36. The van der Waals surface area contributed by atoms with Crippen LogP contribution in [0, 0.1) is 18.8 Å². The molecular weight excluding hydrogens is 174 g/mol. The van der Waals surface area contributed by atoms with E-state index < -0.39 is 0 Å². The molecule has 14 heavy (non-hydrogen) atoms. The first kappa shape index (κ1) is 10.8. The molecule has 1 N–H and O–H groups in total. The summed E-state index contributed by atoms with van der Waals surface area (Å²) in [6.45, 7) is 5.73. The lowest BCUT2D eigenvalue weighted by Crippen LogP contribution is -2.07. The quantitative estimate of drug-likeness (QED) is 0.727. The highest BCUT2D eigenvalue weighted by molar-refractivity contribution is 5.15. The Balaban J connectivity index is 2.62. The van der Waals surface area contributed by atoms with E-state index in [1.165, 1.54) is 11.3 Å². The van der Waals surface area contributed by atoms with E-state index in [0.29, 0.717) is 0 Å². The zero-order chi connectivity index (χ0) is 10.4. The van der Waals surface area contributed by atoms with Gasteiger partial charge in [0.05, 0.1) is 12.7 Å². The Labute approximate surface area is 85.5 Å². The maximum atomic E-state index is 4.32. The maximum Gasteiger partial charge on any atom is 0.0537 e. The molecule has 0 spiro atoms. The van der Waals surface area contributed by atoms with Crippen molar-refractivity contribution in [3.63, 3.8) is 0 Å². The van der Waals surface area contributed by atoms with Crippen molar-refractivity contribution >= 4 is 0 Å². The molecule has 0 aliphatic rings. The average molecular weight is 191 g/mol. The van der Waals surface area contributed by atoms with Crippen LogP contribution < -0.4 is 5.32 Å². The summed E-state index contributed by atoms with van der Waals surface area (Å²) in [5, 5.41) is 7.44. The lowest BCUT2D eigenvalue weighted by molar-refractivity contribution is 0.610. The Kier molecular flexibility index (Phi) is 4.21.